The van der Waals surface area contributed by atoms with Crippen LogP contribution in [0.1, 0.15) is 21.5 Å². The van der Waals surface area contributed by atoms with Gasteiger partial charge in [0, 0.05) is 23.1 Å². The Bertz CT molecular complexity index is 567. The molecule has 19 heavy (non-hydrogen) atoms. The minimum absolute atomic E-state index is 0.396. The highest BCUT2D eigenvalue weighted by Crippen LogP contribution is 2.15. The summed E-state index contributed by atoms with van der Waals surface area (Å²) in [6.07, 6.45) is 0. The van der Waals surface area contributed by atoms with Crippen molar-refractivity contribution in [2.75, 3.05) is 0 Å². The van der Waals surface area contributed by atoms with Gasteiger partial charge in [0.1, 0.15) is 0 Å². The fourth-order valence-electron chi connectivity index (χ4n) is 1.77. The molecule has 3 nitrogen and oxygen atoms in total. The van der Waals surface area contributed by atoms with Crippen LogP contribution in [0.15, 0.2) is 53.0 Å². The van der Waals surface area contributed by atoms with Gasteiger partial charge in [0.25, 0.3) is 0 Å². The number of benzene rings is 2. The van der Waals surface area contributed by atoms with Gasteiger partial charge in [-0.15, -0.1) is 0 Å². The molecule has 1 amide bonds. The molecule has 2 rings (SSSR count). The number of halogens is 1. The van der Waals surface area contributed by atoms with E-state index in [1.807, 2.05) is 30.3 Å². The molecule has 0 saturated heterocycles. The van der Waals surface area contributed by atoms with E-state index in [9.17, 15) is 4.79 Å². The number of rotatable bonds is 5. The number of nitrogens with two attached hydrogens (primary N) is 1. The van der Waals surface area contributed by atoms with Crippen molar-refractivity contribution in [3.8, 4) is 0 Å². The van der Waals surface area contributed by atoms with Crippen LogP contribution in [-0.2, 0) is 13.1 Å². The van der Waals surface area contributed by atoms with Crippen molar-refractivity contribution >= 4 is 21.8 Å². The van der Waals surface area contributed by atoms with Crippen molar-refractivity contribution in [2.45, 2.75) is 13.1 Å². The quantitative estimate of drug-likeness (QED) is 0.890. The van der Waals surface area contributed by atoms with E-state index in [2.05, 4.69) is 27.3 Å². The van der Waals surface area contributed by atoms with Gasteiger partial charge in [-0.05, 0) is 29.3 Å². The largest absolute Gasteiger partial charge is 0.366 e. The standard InChI is InChI=1S/C15H15BrN2O/c16-14-4-2-1-3-13(14)10-18-9-11-5-7-12(8-6-11)15(17)19/h1-8,18H,9-10H2,(H2,17,19). The first-order valence-corrected chi connectivity index (χ1v) is 6.79. The van der Waals surface area contributed by atoms with E-state index in [1.54, 1.807) is 12.1 Å². The third-order valence-corrected chi connectivity index (χ3v) is 3.61. The first-order valence-electron chi connectivity index (χ1n) is 5.99. The Labute approximate surface area is 121 Å². The van der Waals surface area contributed by atoms with E-state index in [4.69, 9.17) is 5.73 Å². The molecule has 0 fully saturated rings. The van der Waals surface area contributed by atoms with Gasteiger partial charge in [-0.3, -0.25) is 4.79 Å². The van der Waals surface area contributed by atoms with E-state index in [0.29, 0.717) is 5.56 Å². The molecule has 98 valence electrons. The Morgan fingerprint density at radius 2 is 1.74 bits per heavy atom. The second-order valence-electron chi connectivity index (χ2n) is 4.26. The van der Waals surface area contributed by atoms with E-state index in [1.165, 1.54) is 5.56 Å². The molecular weight excluding hydrogens is 304 g/mol. The van der Waals surface area contributed by atoms with Gasteiger partial charge < -0.3 is 11.1 Å². The Hall–Kier alpha value is -1.65. The Morgan fingerprint density at radius 1 is 1.05 bits per heavy atom. The molecule has 0 aliphatic heterocycles. The smallest absolute Gasteiger partial charge is 0.248 e. The highest BCUT2D eigenvalue weighted by atomic mass is 79.9. The number of primary amides is 1. The van der Waals surface area contributed by atoms with Crippen molar-refractivity contribution in [1.29, 1.82) is 0 Å². The molecule has 0 aliphatic carbocycles. The van der Waals surface area contributed by atoms with Gasteiger partial charge >= 0.3 is 0 Å². The maximum absolute atomic E-state index is 11.0. The Morgan fingerprint density at radius 3 is 2.37 bits per heavy atom. The molecule has 4 heteroatoms. The summed E-state index contributed by atoms with van der Waals surface area (Å²) in [5.41, 5.74) is 8.07. The Balaban J connectivity index is 1.89. The molecule has 2 aromatic rings. The zero-order chi connectivity index (χ0) is 13.7. The first kappa shape index (κ1) is 13.8. The van der Waals surface area contributed by atoms with Crippen LogP contribution < -0.4 is 11.1 Å². The lowest BCUT2D eigenvalue weighted by atomic mass is 10.1. The number of hydrogen-bond donors (Lipinski definition) is 2. The molecule has 0 atom stereocenters. The van der Waals surface area contributed by atoms with E-state index in [-0.39, 0.29) is 0 Å². The highest BCUT2D eigenvalue weighted by Gasteiger charge is 2.01. The first-order chi connectivity index (χ1) is 9.16. The molecule has 0 unspecified atom stereocenters. The predicted molar refractivity (Wildman–Crippen MR) is 79.6 cm³/mol. The summed E-state index contributed by atoms with van der Waals surface area (Å²) in [4.78, 5) is 11.0. The number of hydrogen-bond acceptors (Lipinski definition) is 2. The molecule has 2 aromatic carbocycles. The summed E-state index contributed by atoms with van der Waals surface area (Å²) < 4.78 is 1.10. The van der Waals surface area contributed by atoms with Crippen molar-refractivity contribution in [2.24, 2.45) is 5.73 Å². The SMILES string of the molecule is NC(=O)c1ccc(CNCc2ccccc2Br)cc1. The number of amides is 1. The molecule has 0 bridgehead atoms. The summed E-state index contributed by atoms with van der Waals surface area (Å²) in [5.74, 6) is -0.396. The van der Waals surface area contributed by atoms with Crippen LogP contribution in [0, 0.1) is 0 Å². The third-order valence-electron chi connectivity index (χ3n) is 2.84. The molecule has 0 aliphatic rings. The van der Waals surface area contributed by atoms with Crippen LogP contribution in [-0.4, -0.2) is 5.91 Å². The number of carbonyl (C=O) groups is 1. The fraction of sp³-hybridized carbons (Fsp3) is 0.133. The van der Waals surface area contributed by atoms with Crippen LogP contribution >= 0.6 is 15.9 Å². The van der Waals surface area contributed by atoms with Gasteiger partial charge in [0.2, 0.25) is 5.91 Å². The zero-order valence-corrected chi connectivity index (χ0v) is 12.0. The van der Waals surface area contributed by atoms with E-state index in [0.717, 1.165) is 23.1 Å². The van der Waals surface area contributed by atoms with E-state index >= 15 is 0 Å². The summed E-state index contributed by atoms with van der Waals surface area (Å²) in [6, 6.07) is 15.4. The third kappa shape index (κ3) is 3.91. The second-order valence-corrected chi connectivity index (χ2v) is 5.11. The van der Waals surface area contributed by atoms with Crippen LogP contribution in [0.3, 0.4) is 0 Å². The summed E-state index contributed by atoms with van der Waals surface area (Å²) in [6.45, 7) is 1.54. The molecule has 3 N–H and O–H groups in total. The van der Waals surface area contributed by atoms with Gasteiger partial charge in [0.05, 0.1) is 0 Å². The van der Waals surface area contributed by atoms with Gasteiger partial charge in [-0.1, -0.05) is 46.3 Å². The number of carbonyl (C=O) groups excluding carboxylic acids is 1. The monoisotopic (exact) mass is 318 g/mol. The number of nitrogens with one attached hydrogen (secondary N) is 1. The normalized spacial score (nSPS) is 10.4. The van der Waals surface area contributed by atoms with Crippen LogP contribution in [0.2, 0.25) is 0 Å². The topological polar surface area (TPSA) is 55.1 Å². The van der Waals surface area contributed by atoms with Crippen molar-refractivity contribution in [3.05, 3.63) is 69.7 Å². The lowest BCUT2D eigenvalue weighted by molar-refractivity contribution is 0.100. The maximum Gasteiger partial charge on any atom is 0.248 e. The lowest BCUT2D eigenvalue weighted by Gasteiger charge is -2.07. The van der Waals surface area contributed by atoms with Crippen LogP contribution in [0.5, 0.6) is 0 Å². The van der Waals surface area contributed by atoms with Crippen LogP contribution in [0.25, 0.3) is 0 Å². The minimum atomic E-state index is -0.396. The average Bonchev–Trinajstić information content (AvgIpc) is 2.41. The zero-order valence-electron chi connectivity index (χ0n) is 10.4. The molecule has 0 radical (unpaired) electrons. The maximum atomic E-state index is 11.0. The van der Waals surface area contributed by atoms with Crippen molar-refractivity contribution in [1.82, 2.24) is 5.32 Å². The molecule has 0 heterocycles. The average molecular weight is 319 g/mol. The van der Waals surface area contributed by atoms with Crippen LogP contribution in [0.4, 0.5) is 0 Å². The van der Waals surface area contributed by atoms with Crippen molar-refractivity contribution < 1.29 is 4.79 Å². The second kappa shape index (κ2) is 6.50. The highest BCUT2D eigenvalue weighted by molar-refractivity contribution is 9.10. The molecule has 0 spiro atoms. The molecule has 0 aromatic heterocycles. The molecule has 0 saturated carbocycles. The van der Waals surface area contributed by atoms with Crippen molar-refractivity contribution in [3.63, 3.8) is 0 Å². The summed E-state index contributed by atoms with van der Waals surface area (Å²) >= 11 is 3.52. The lowest BCUT2D eigenvalue weighted by Crippen LogP contribution is -2.14. The minimum Gasteiger partial charge on any atom is -0.366 e. The predicted octanol–water partition coefficient (Wildman–Crippen LogP) is 2.84. The Kier molecular flexibility index (Phi) is 4.71. The summed E-state index contributed by atoms with van der Waals surface area (Å²) in [5, 5.41) is 3.36. The van der Waals surface area contributed by atoms with Gasteiger partial charge in [-0.2, -0.15) is 0 Å². The summed E-state index contributed by atoms with van der Waals surface area (Å²) in [7, 11) is 0. The van der Waals surface area contributed by atoms with E-state index < -0.39 is 5.91 Å². The fourth-order valence-corrected chi connectivity index (χ4v) is 2.20. The van der Waals surface area contributed by atoms with Gasteiger partial charge in [0.15, 0.2) is 0 Å². The molecular formula is C15H15BrN2O. The van der Waals surface area contributed by atoms with Gasteiger partial charge in [-0.25, -0.2) is 0 Å².